The van der Waals surface area contributed by atoms with Crippen molar-refractivity contribution in [3.8, 4) is 5.75 Å². The van der Waals surface area contributed by atoms with Gasteiger partial charge in [0.25, 0.3) is 0 Å². The van der Waals surface area contributed by atoms with Gasteiger partial charge in [-0.1, -0.05) is 30.3 Å². The second kappa shape index (κ2) is 5.70. The molecule has 23 heavy (non-hydrogen) atoms. The number of fused-ring (bicyclic) bond motifs is 1. The number of rotatable bonds is 3. The highest BCUT2D eigenvalue weighted by atomic mass is 19.1. The van der Waals surface area contributed by atoms with E-state index in [2.05, 4.69) is 34.3 Å². The molecule has 1 unspecified atom stereocenters. The van der Waals surface area contributed by atoms with Crippen molar-refractivity contribution in [3.05, 3.63) is 65.6 Å². The van der Waals surface area contributed by atoms with E-state index in [0.29, 0.717) is 5.56 Å². The minimum absolute atomic E-state index is 0.146. The van der Waals surface area contributed by atoms with Crippen LogP contribution >= 0.6 is 0 Å². The van der Waals surface area contributed by atoms with Crippen molar-refractivity contribution in [2.75, 3.05) is 13.1 Å². The highest BCUT2D eigenvalue weighted by molar-refractivity contribution is 5.82. The van der Waals surface area contributed by atoms with Crippen LogP contribution in [0.15, 0.2) is 48.7 Å². The maximum atomic E-state index is 14.1. The minimum atomic E-state index is -0.466. The largest absolute Gasteiger partial charge is 0.505 e. The van der Waals surface area contributed by atoms with Crippen molar-refractivity contribution in [2.45, 2.75) is 18.9 Å². The van der Waals surface area contributed by atoms with E-state index < -0.39 is 5.82 Å². The average molecular weight is 310 g/mol. The van der Waals surface area contributed by atoms with Gasteiger partial charge in [-0.05, 0) is 36.2 Å². The molecular weight excluding hydrogens is 291 g/mol. The predicted molar refractivity (Wildman–Crippen MR) is 89.0 cm³/mol. The summed E-state index contributed by atoms with van der Waals surface area (Å²) >= 11 is 0. The summed E-state index contributed by atoms with van der Waals surface area (Å²) in [5.41, 5.74) is 3.06. The molecule has 1 fully saturated rings. The van der Waals surface area contributed by atoms with Crippen LogP contribution in [-0.2, 0) is 6.54 Å². The summed E-state index contributed by atoms with van der Waals surface area (Å²) in [4.78, 5) is 5.65. The van der Waals surface area contributed by atoms with Gasteiger partial charge in [0.2, 0.25) is 0 Å². The van der Waals surface area contributed by atoms with Crippen LogP contribution in [0.5, 0.6) is 5.75 Å². The van der Waals surface area contributed by atoms with Gasteiger partial charge in [-0.15, -0.1) is 0 Å². The lowest BCUT2D eigenvalue weighted by Crippen LogP contribution is -2.19. The number of phenols is 1. The number of nitrogens with zero attached hydrogens (tertiary/aromatic N) is 1. The smallest absolute Gasteiger partial charge is 0.168 e. The number of nitrogens with one attached hydrogen (secondary N) is 1. The normalized spacial score (nSPS) is 18.7. The van der Waals surface area contributed by atoms with Gasteiger partial charge in [0.15, 0.2) is 11.6 Å². The van der Waals surface area contributed by atoms with E-state index in [4.69, 9.17) is 0 Å². The number of aromatic nitrogens is 1. The zero-order valence-electron chi connectivity index (χ0n) is 12.8. The Hall–Kier alpha value is -2.33. The number of hydrogen-bond acceptors (Lipinski definition) is 2. The topological polar surface area (TPSA) is 39.3 Å². The molecule has 2 heterocycles. The molecule has 0 spiro atoms. The fraction of sp³-hybridized carbons (Fsp3) is 0.263. The first-order chi connectivity index (χ1) is 11.2. The Morgan fingerprint density at radius 1 is 1.17 bits per heavy atom. The molecule has 1 atom stereocenters. The number of benzene rings is 2. The van der Waals surface area contributed by atoms with Gasteiger partial charge >= 0.3 is 0 Å². The van der Waals surface area contributed by atoms with Crippen LogP contribution in [0.4, 0.5) is 4.39 Å². The van der Waals surface area contributed by atoms with Crippen molar-refractivity contribution < 1.29 is 9.50 Å². The van der Waals surface area contributed by atoms with E-state index >= 15 is 0 Å². The number of aromatic amines is 1. The summed E-state index contributed by atoms with van der Waals surface area (Å²) in [6.07, 6.45) is 2.98. The molecule has 0 amide bonds. The van der Waals surface area contributed by atoms with Crippen molar-refractivity contribution in [3.63, 3.8) is 0 Å². The molecule has 3 aromatic rings. The summed E-state index contributed by atoms with van der Waals surface area (Å²) in [6, 6.07) is 13.2. The Morgan fingerprint density at radius 2 is 2.04 bits per heavy atom. The van der Waals surface area contributed by atoms with E-state index in [1.54, 1.807) is 12.1 Å². The lowest BCUT2D eigenvalue weighted by atomic mass is 9.97. The highest BCUT2D eigenvalue weighted by Crippen LogP contribution is 2.33. The van der Waals surface area contributed by atoms with Crippen LogP contribution < -0.4 is 0 Å². The zero-order valence-corrected chi connectivity index (χ0v) is 12.8. The number of phenolic OH excluding ortho intramolecular Hbond substituents is 1. The van der Waals surface area contributed by atoms with E-state index in [0.717, 1.165) is 31.6 Å². The Morgan fingerprint density at radius 3 is 2.96 bits per heavy atom. The van der Waals surface area contributed by atoms with Crippen LogP contribution in [-0.4, -0.2) is 28.1 Å². The SMILES string of the molecule is Oc1cccc(C2CCN(Cc3c[nH]c4ccccc34)C2)c1F. The molecule has 1 saturated heterocycles. The fourth-order valence-electron chi connectivity index (χ4n) is 3.59. The molecule has 2 N–H and O–H groups in total. The molecule has 4 heteroatoms. The monoisotopic (exact) mass is 310 g/mol. The Bertz CT molecular complexity index is 842. The second-order valence-corrected chi connectivity index (χ2v) is 6.26. The van der Waals surface area contributed by atoms with E-state index in [1.165, 1.54) is 17.0 Å². The Labute approximate surface area is 134 Å². The van der Waals surface area contributed by atoms with Crippen LogP contribution in [0, 0.1) is 5.82 Å². The molecule has 0 aliphatic carbocycles. The number of hydrogen-bond donors (Lipinski definition) is 2. The summed E-state index contributed by atoms with van der Waals surface area (Å²) in [6.45, 7) is 2.63. The first-order valence-corrected chi connectivity index (χ1v) is 7.97. The van der Waals surface area contributed by atoms with Crippen molar-refractivity contribution >= 4 is 10.9 Å². The first kappa shape index (κ1) is 14.3. The molecule has 1 aliphatic rings. The minimum Gasteiger partial charge on any atom is -0.505 e. The number of halogens is 1. The van der Waals surface area contributed by atoms with Gasteiger partial charge in [0.05, 0.1) is 0 Å². The van der Waals surface area contributed by atoms with Crippen LogP contribution in [0.3, 0.4) is 0 Å². The predicted octanol–water partition coefficient (Wildman–Crippen LogP) is 4.00. The number of likely N-dealkylation sites (tertiary alicyclic amines) is 1. The summed E-state index contributed by atoms with van der Waals surface area (Å²) < 4.78 is 14.1. The molecule has 3 nitrogen and oxygen atoms in total. The van der Waals surface area contributed by atoms with Gasteiger partial charge in [-0.3, -0.25) is 4.90 Å². The Kier molecular flexibility index (Phi) is 3.54. The van der Waals surface area contributed by atoms with Gasteiger partial charge in [-0.2, -0.15) is 0 Å². The van der Waals surface area contributed by atoms with E-state index in [9.17, 15) is 9.50 Å². The maximum Gasteiger partial charge on any atom is 0.168 e. The third-order valence-corrected chi connectivity index (χ3v) is 4.79. The summed E-state index contributed by atoms with van der Waals surface area (Å²) in [5, 5.41) is 10.8. The lowest BCUT2D eigenvalue weighted by molar-refractivity contribution is 0.327. The molecule has 1 aliphatic heterocycles. The fourth-order valence-corrected chi connectivity index (χ4v) is 3.59. The molecule has 1 aromatic heterocycles. The molecule has 4 rings (SSSR count). The molecule has 0 bridgehead atoms. The molecular formula is C19H19FN2O. The third kappa shape index (κ3) is 2.59. The Balaban J connectivity index is 1.51. The summed E-state index contributed by atoms with van der Waals surface area (Å²) in [5.74, 6) is -0.573. The molecule has 0 saturated carbocycles. The molecule has 2 aromatic carbocycles. The van der Waals surface area contributed by atoms with Gasteiger partial charge in [-0.25, -0.2) is 4.39 Å². The number of aromatic hydroxyl groups is 1. The summed E-state index contributed by atoms with van der Waals surface area (Å²) in [7, 11) is 0. The highest BCUT2D eigenvalue weighted by Gasteiger charge is 2.27. The lowest BCUT2D eigenvalue weighted by Gasteiger charge is -2.16. The van der Waals surface area contributed by atoms with E-state index in [1.807, 2.05) is 6.07 Å². The maximum absolute atomic E-state index is 14.1. The zero-order chi connectivity index (χ0) is 15.8. The van der Waals surface area contributed by atoms with Crippen LogP contribution in [0.1, 0.15) is 23.5 Å². The second-order valence-electron chi connectivity index (χ2n) is 6.26. The molecule has 118 valence electrons. The van der Waals surface area contributed by atoms with Crippen LogP contribution in [0.2, 0.25) is 0 Å². The van der Waals surface area contributed by atoms with Crippen LogP contribution in [0.25, 0.3) is 10.9 Å². The molecule has 0 radical (unpaired) electrons. The quantitative estimate of drug-likeness (QED) is 0.767. The van der Waals surface area contributed by atoms with Gasteiger partial charge in [0, 0.05) is 36.1 Å². The average Bonchev–Trinajstić information content (AvgIpc) is 3.18. The van der Waals surface area contributed by atoms with E-state index in [-0.39, 0.29) is 11.7 Å². The number of H-pyrrole nitrogens is 1. The standard InChI is InChI=1S/C19H19FN2O/c20-19-16(5-3-7-18(19)23)13-8-9-22(11-13)12-14-10-21-17-6-2-1-4-15(14)17/h1-7,10,13,21,23H,8-9,11-12H2. The first-order valence-electron chi connectivity index (χ1n) is 7.97. The van der Waals surface area contributed by atoms with Crippen molar-refractivity contribution in [1.82, 2.24) is 9.88 Å². The van der Waals surface area contributed by atoms with Gasteiger partial charge in [0.1, 0.15) is 0 Å². The van der Waals surface area contributed by atoms with Crippen molar-refractivity contribution in [1.29, 1.82) is 0 Å². The third-order valence-electron chi connectivity index (χ3n) is 4.79. The van der Waals surface area contributed by atoms with Crippen molar-refractivity contribution in [2.24, 2.45) is 0 Å². The number of para-hydroxylation sites is 1. The van der Waals surface area contributed by atoms with Gasteiger partial charge < -0.3 is 10.1 Å².